The number of carbonyl (C=O) groups excluding carboxylic acids is 1. The highest BCUT2D eigenvalue weighted by atomic mass is 19.1. The van der Waals surface area contributed by atoms with Crippen LogP contribution in [0.2, 0.25) is 0 Å². The second-order valence-electron chi connectivity index (χ2n) is 5.59. The van der Waals surface area contributed by atoms with Crippen molar-refractivity contribution in [3.05, 3.63) is 89.5 Å². The van der Waals surface area contributed by atoms with E-state index in [2.05, 4.69) is 10.3 Å². The Morgan fingerprint density at radius 3 is 2.60 bits per heavy atom. The van der Waals surface area contributed by atoms with Gasteiger partial charge in [0.15, 0.2) is 0 Å². The van der Waals surface area contributed by atoms with Gasteiger partial charge in [0.1, 0.15) is 5.82 Å². The summed E-state index contributed by atoms with van der Waals surface area (Å²) in [6, 6.07) is 15.9. The normalized spacial score (nSPS) is 10.5. The van der Waals surface area contributed by atoms with Crippen LogP contribution in [0.5, 0.6) is 0 Å². The topological polar surface area (TPSA) is 62.2 Å². The van der Waals surface area contributed by atoms with Crippen LogP contribution in [0.4, 0.5) is 4.39 Å². The minimum absolute atomic E-state index is 0.208. The zero-order valence-electron chi connectivity index (χ0n) is 13.4. The number of aromatic nitrogens is 1. The molecule has 0 aliphatic heterocycles. The lowest BCUT2D eigenvalue weighted by Gasteiger charge is -2.08. The van der Waals surface area contributed by atoms with E-state index in [-0.39, 0.29) is 24.6 Å². The van der Waals surface area contributed by atoms with Crippen molar-refractivity contribution in [2.24, 2.45) is 0 Å². The molecule has 0 saturated carbocycles. The van der Waals surface area contributed by atoms with Gasteiger partial charge in [0.25, 0.3) is 5.91 Å². The molecule has 3 aromatic rings. The number of nitrogens with one attached hydrogen (secondary N) is 1. The summed E-state index contributed by atoms with van der Waals surface area (Å²) >= 11 is 0. The number of aliphatic hydroxyl groups excluding tert-OH is 1. The van der Waals surface area contributed by atoms with Gasteiger partial charge in [0, 0.05) is 30.1 Å². The van der Waals surface area contributed by atoms with Gasteiger partial charge in [0.05, 0.1) is 12.2 Å². The Balaban J connectivity index is 1.72. The SMILES string of the molecule is O=C(NCc1ccc(F)c(CO)c1)c1cncc(-c2ccccc2)c1. The first-order valence-electron chi connectivity index (χ1n) is 7.84. The monoisotopic (exact) mass is 336 g/mol. The summed E-state index contributed by atoms with van der Waals surface area (Å²) in [5.74, 6) is -0.725. The second-order valence-corrected chi connectivity index (χ2v) is 5.59. The van der Waals surface area contributed by atoms with Crippen molar-refractivity contribution in [1.82, 2.24) is 10.3 Å². The molecule has 4 nitrogen and oxygen atoms in total. The van der Waals surface area contributed by atoms with Gasteiger partial charge < -0.3 is 10.4 Å². The van der Waals surface area contributed by atoms with Crippen molar-refractivity contribution < 1.29 is 14.3 Å². The number of hydrogen-bond donors (Lipinski definition) is 2. The third kappa shape index (κ3) is 4.08. The molecule has 0 spiro atoms. The Hall–Kier alpha value is -3.05. The van der Waals surface area contributed by atoms with Crippen LogP contribution < -0.4 is 5.32 Å². The van der Waals surface area contributed by atoms with Crippen molar-refractivity contribution in [3.63, 3.8) is 0 Å². The number of nitrogens with zero attached hydrogens (tertiary/aromatic N) is 1. The van der Waals surface area contributed by atoms with Crippen molar-refractivity contribution in [3.8, 4) is 11.1 Å². The molecule has 0 atom stereocenters. The fraction of sp³-hybridized carbons (Fsp3) is 0.100. The molecule has 0 fully saturated rings. The highest BCUT2D eigenvalue weighted by molar-refractivity contribution is 5.95. The number of hydrogen-bond acceptors (Lipinski definition) is 3. The number of aliphatic hydroxyl groups is 1. The van der Waals surface area contributed by atoms with E-state index < -0.39 is 5.82 Å². The minimum atomic E-state index is -0.461. The van der Waals surface area contributed by atoms with E-state index >= 15 is 0 Å². The fourth-order valence-electron chi connectivity index (χ4n) is 2.50. The first-order valence-corrected chi connectivity index (χ1v) is 7.84. The maximum Gasteiger partial charge on any atom is 0.253 e. The lowest BCUT2D eigenvalue weighted by atomic mass is 10.1. The molecule has 3 rings (SSSR count). The summed E-state index contributed by atoms with van der Waals surface area (Å²) in [6.07, 6.45) is 3.21. The first-order chi connectivity index (χ1) is 12.2. The van der Waals surface area contributed by atoms with Gasteiger partial charge in [-0.15, -0.1) is 0 Å². The molecule has 25 heavy (non-hydrogen) atoms. The standard InChI is InChI=1S/C20H17FN2O2/c21-19-7-6-14(8-18(19)13-24)10-23-20(25)17-9-16(11-22-12-17)15-4-2-1-3-5-15/h1-9,11-12,24H,10,13H2,(H,23,25). The van der Waals surface area contributed by atoms with Crippen LogP contribution in [-0.2, 0) is 13.2 Å². The van der Waals surface area contributed by atoms with Gasteiger partial charge in [-0.1, -0.05) is 36.4 Å². The number of amides is 1. The van der Waals surface area contributed by atoms with Gasteiger partial charge in [-0.3, -0.25) is 9.78 Å². The molecule has 0 bridgehead atoms. The van der Waals surface area contributed by atoms with Crippen LogP contribution in [0.1, 0.15) is 21.5 Å². The predicted molar refractivity (Wildman–Crippen MR) is 93.2 cm³/mol. The van der Waals surface area contributed by atoms with Gasteiger partial charge in [0.2, 0.25) is 0 Å². The number of pyridine rings is 1. The molecular weight excluding hydrogens is 319 g/mol. The number of halogens is 1. The zero-order valence-corrected chi connectivity index (χ0v) is 13.4. The molecular formula is C20H17FN2O2. The molecule has 2 N–H and O–H groups in total. The number of benzene rings is 2. The number of rotatable bonds is 5. The minimum Gasteiger partial charge on any atom is -0.392 e. The van der Waals surface area contributed by atoms with Crippen LogP contribution >= 0.6 is 0 Å². The highest BCUT2D eigenvalue weighted by Crippen LogP contribution is 2.19. The summed E-state index contributed by atoms with van der Waals surface area (Å²) in [6.45, 7) is -0.141. The molecule has 2 aromatic carbocycles. The highest BCUT2D eigenvalue weighted by Gasteiger charge is 2.09. The quantitative estimate of drug-likeness (QED) is 0.751. The van der Waals surface area contributed by atoms with Crippen molar-refractivity contribution in [1.29, 1.82) is 0 Å². The van der Waals surface area contributed by atoms with Gasteiger partial charge in [-0.25, -0.2) is 4.39 Å². The molecule has 1 amide bonds. The Labute approximate surface area is 145 Å². The molecule has 126 valence electrons. The molecule has 1 heterocycles. The Morgan fingerprint density at radius 2 is 1.84 bits per heavy atom. The van der Waals surface area contributed by atoms with Gasteiger partial charge in [-0.05, 0) is 29.3 Å². The van der Waals surface area contributed by atoms with E-state index in [4.69, 9.17) is 5.11 Å². The molecule has 0 radical (unpaired) electrons. The molecule has 0 unspecified atom stereocenters. The fourth-order valence-corrected chi connectivity index (χ4v) is 2.50. The van der Waals surface area contributed by atoms with E-state index in [1.165, 1.54) is 18.3 Å². The van der Waals surface area contributed by atoms with Crippen molar-refractivity contribution >= 4 is 5.91 Å². The predicted octanol–water partition coefficient (Wildman–Crippen LogP) is 3.31. The smallest absolute Gasteiger partial charge is 0.253 e. The van der Waals surface area contributed by atoms with Crippen LogP contribution in [0.15, 0.2) is 67.0 Å². The first kappa shape index (κ1) is 16.8. The summed E-state index contributed by atoms with van der Waals surface area (Å²) in [7, 11) is 0. The molecule has 0 aliphatic rings. The van der Waals surface area contributed by atoms with E-state index in [9.17, 15) is 9.18 Å². The summed E-state index contributed by atoms with van der Waals surface area (Å²) in [5, 5.41) is 11.9. The third-order valence-electron chi connectivity index (χ3n) is 3.84. The molecule has 5 heteroatoms. The number of carbonyl (C=O) groups is 1. The average molecular weight is 336 g/mol. The maximum absolute atomic E-state index is 13.4. The Bertz CT molecular complexity index is 882. The van der Waals surface area contributed by atoms with Gasteiger partial charge >= 0.3 is 0 Å². The summed E-state index contributed by atoms with van der Waals surface area (Å²) in [4.78, 5) is 16.5. The summed E-state index contributed by atoms with van der Waals surface area (Å²) < 4.78 is 13.4. The van der Waals surface area contributed by atoms with Crippen LogP contribution in [0.3, 0.4) is 0 Å². The lowest BCUT2D eigenvalue weighted by molar-refractivity contribution is 0.0950. The lowest BCUT2D eigenvalue weighted by Crippen LogP contribution is -2.23. The van der Waals surface area contributed by atoms with Crippen LogP contribution in [-0.4, -0.2) is 16.0 Å². The third-order valence-corrected chi connectivity index (χ3v) is 3.84. The molecule has 1 aromatic heterocycles. The second kappa shape index (κ2) is 7.68. The van der Waals surface area contributed by atoms with Gasteiger partial charge in [-0.2, -0.15) is 0 Å². The zero-order chi connectivity index (χ0) is 17.6. The van der Waals surface area contributed by atoms with E-state index in [1.54, 1.807) is 18.3 Å². The largest absolute Gasteiger partial charge is 0.392 e. The average Bonchev–Trinajstić information content (AvgIpc) is 2.68. The Kier molecular flexibility index (Phi) is 5.16. The van der Waals surface area contributed by atoms with Crippen LogP contribution in [0, 0.1) is 5.82 Å². The van der Waals surface area contributed by atoms with E-state index in [1.807, 2.05) is 30.3 Å². The van der Waals surface area contributed by atoms with E-state index in [0.29, 0.717) is 11.1 Å². The van der Waals surface area contributed by atoms with Crippen molar-refractivity contribution in [2.75, 3.05) is 0 Å². The maximum atomic E-state index is 13.4. The molecule has 0 aliphatic carbocycles. The van der Waals surface area contributed by atoms with Crippen LogP contribution in [0.25, 0.3) is 11.1 Å². The van der Waals surface area contributed by atoms with E-state index in [0.717, 1.165) is 11.1 Å². The van der Waals surface area contributed by atoms with Crippen molar-refractivity contribution in [2.45, 2.75) is 13.2 Å². The molecule has 0 saturated heterocycles. The summed E-state index contributed by atoms with van der Waals surface area (Å²) in [5.41, 5.74) is 3.21. The Morgan fingerprint density at radius 1 is 1.04 bits per heavy atom.